The zero-order valence-corrected chi connectivity index (χ0v) is 31.6. The molecule has 1 aromatic carbocycles. The van der Waals surface area contributed by atoms with Crippen LogP contribution >= 0.6 is 11.8 Å². The summed E-state index contributed by atoms with van der Waals surface area (Å²) in [5.74, 6) is -1.22. The maximum Gasteiger partial charge on any atom is 0.328 e. The summed E-state index contributed by atoms with van der Waals surface area (Å²) in [4.78, 5) is 64.1. The molecule has 6 N–H and O–H groups in total. The number of β-amino-alcohol motifs (C(OH)–C–C–N with tert-alkyl or cyclic N) is 1. The number of aryl methyl sites for hydroxylation is 1. The number of hydrogen-bond donors (Lipinski definition) is 5. The van der Waals surface area contributed by atoms with Crippen molar-refractivity contribution in [1.82, 2.24) is 29.7 Å². The third kappa shape index (κ3) is 14.1. The van der Waals surface area contributed by atoms with Crippen LogP contribution in [0.5, 0.6) is 0 Å². The van der Waals surface area contributed by atoms with Gasteiger partial charge in [-0.1, -0.05) is 30.0 Å². The first kappa shape index (κ1) is 42.3. The van der Waals surface area contributed by atoms with Gasteiger partial charge < -0.3 is 36.2 Å². The van der Waals surface area contributed by atoms with Gasteiger partial charge in [-0.15, -0.1) is 0 Å². The molecule has 0 bridgehead atoms. The van der Waals surface area contributed by atoms with Gasteiger partial charge in [0.25, 0.3) is 0 Å². The summed E-state index contributed by atoms with van der Waals surface area (Å²) in [6, 6.07) is 15.0. The summed E-state index contributed by atoms with van der Waals surface area (Å²) in [5.41, 5.74) is 9.80. The SMILES string of the molecule is CC(=O)Nc1ccc(-c2nc(SCc3cccc(CCC(=O)N4CCN(CC5CCN(CCO)CC5)CC4)n3)nc(N)c2C#N)cc1.O=C(O)/C=C\C(=O)O. The van der Waals surface area contributed by atoms with E-state index >= 15 is 0 Å². The monoisotopic (exact) mass is 773 g/mol. The van der Waals surface area contributed by atoms with Crippen LogP contribution in [-0.4, -0.2) is 128 Å². The Kier molecular flexibility index (Phi) is 16.5. The molecule has 55 heavy (non-hydrogen) atoms. The Morgan fingerprint density at radius 3 is 2.18 bits per heavy atom. The van der Waals surface area contributed by atoms with Gasteiger partial charge in [0.05, 0.1) is 18.0 Å². The van der Waals surface area contributed by atoms with Gasteiger partial charge in [0.1, 0.15) is 17.5 Å². The highest BCUT2D eigenvalue weighted by atomic mass is 32.2. The first-order chi connectivity index (χ1) is 26.4. The van der Waals surface area contributed by atoms with Crippen LogP contribution in [0.25, 0.3) is 11.3 Å². The largest absolute Gasteiger partial charge is 0.478 e. The van der Waals surface area contributed by atoms with Gasteiger partial charge in [-0.25, -0.2) is 19.6 Å². The van der Waals surface area contributed by atoms with Crippen molar-refractivity contribution in [2.45, 2.75) is 43.5 Å². The summed E-state index contributed by atoms with van der Waals surface area (Å²) in [5, 5.41) is 37.6. The Hall–Kier alpha value is -5.41. The fraction of sp³-hybridized carbons (Fsp3) is 0.421. The van der Waals surface area contributed by atoms with Crippen molar-refractivity contribution in [2.75, 3.05) is 70.0 Å². The molecule has 2 aromatic heterocycles. The smallest absolute Gasteiger partial charge is 0.328 e. The van der Waals surface area contributed by atoms with Crippen LogP contribution in [0.15, 0.2) is 59.8 Å². The summed E-state index contributed by atoms with van der Waals surface area (Å²) in [7, 11) is 0. The molecule has 292 valence electrons. The number of nitrogens with zero attached hydrogens (tertiary/aromatic N) is 7. The predicted octanol–water partition coefficient (Wildman–Crippen LogP) is 2.74. The highest BCUT2D eigenvalue weighted by Crippen LogP contribution is 2.29. The molecule has 0 atom stereocenters. The third-order valence-electron chi connectivity index (χ3n) is 9.05. The van der Waals surface area contributed by atoms with Gasteiger partial charge in [-0.2, -0.15) is 5.26 Å². The van der Waals surface area contributed by atoms with Gasteiger partial charge in [-0.3, -0.25) is 19.5 Å². The van der Waals surface area contributed by atoms with Crippen LogP contribution < -0.4 is 11.1 Å². The number of carbonyl (C=O) groups is 4. The number of nitriles is 1. The lowest BCUT2D eigenvalue weighted by molar-refractivity contribution is -0.134. The van der Waals surface area contributed by atoms with Crippen molar-refractivity contribution < 1.29 is 34.5 Å². The molecule has 0 spiro atoms. The van der Waals surface area contributed by atoms with Crippen molar-refractivity contribution >= 4 is 47.0 Å². The highest BCUT2D eigenvalue weighted by Gasteiger charge is 2.25. The molecule has 0 radical (unpaired) electrons. The van der Waals surface area contributed by atoms with E-state index in [4.69, 9.17) is 26.0 Å². The number of aromatic nitrogens is 3. The molecular weight excluding hydrogens is 727 g/mol. The number of carbonyl (C=O) groups excluding carboxylic acids is 2. The molecular formula is C38H47N9O7S. The third-order valence-corrected chi connectivity index (χ3v) is 9.93. The topological polar surface area (TPSA) is 239 Å². The van der Waals surface area contributed by atoms with E-state index < -0.39 is 11.9 Å². The van der Waals surface area contributed by atoms with E-state index in [2.05, 4.69) is 31.2 Å². The van der Waals surface area contributed by atoms with Gasteiger partial charge in [-0.05, 0) is 62.5 Å². The molecule has 2 aliphatic rings. The van der Waals surface area contributed by atoms with E-state index in [0.29, 0.717) is 58.8 Å². The number of carboxylic acid groups (broad SMARTS) is 2. The summed E-state index contributed by atoms with van der Waals surface area (Å²) < 4.78 is 0. The van der Waals surface area contributed by atoms with Crippen LogP contribution in [0, 0.1) is 17.2 Å². The second kappa shape index (κ2) is 21.5. The van der Waals surface area contributed by atoms with Gasteiger partial charge in [0.2, 0.25) is 11.8 Å². The molecule has 0 aliphatic carbocycles. The summed E-state index contributed by atoms with van der Waals surface area (Å²) in [6.45, 7) is 9.03. The number of benzene rings is 1. The number of nitrogens with two attached hydrogens (primary N) is 1. The fourth-order valence-corrected chi connectivity index (χ4v) is 7.01. The molecule has 3 aromatic rings. The summed E-state index contributed by atoms with van der Waals surface area (Å²) in [6.07, 6.45) is 4.46. The number of carboxylic acids is 2. The highest BCUT2D eigenvalue weighted by molar-refractivity contribution is 7.98. The van der Waals surface area contributed by atoms with Gasteiger partial charge in [0, 0.05) is 87.5 Å². The standard InChI is InChI=1S/C34H43N9O3S.C4H4O4/c1-24(45)37-28-7-5-26(6-8-28)32-30(21-35)33(36)40-34(39-32)47-23-29-4-2-3-27(38-29)9-10-31(46)43-17-15-42(16-18-43)22-25-11-13-41(14-12-25)19-20-44;5-3(6)1-2-4(7)8/h2-8,25,44H,9-20,22-23H2,1H3,(H,37,45)(H2,36,39,40);1-2H,(H,5,6)(H,7,8)/b;2-1-. The summed E-state index contributed by atoms with van der Waals surface area (Å²) >= 11 is 1.37. The van der Waals surface area contributed by atoms with Crippen LogP contribution in [0.2, 0.25) is 0 Å². The minimum atomic E-state index is -1.26. The zero-order chi connectivity index (χ0) is 39.7. The van der Waals surface area contributed by atoms with Crippen LogP contribution in [-0.2, 0) is 31.4 Å². The number of aliphatic hydroxyl groups is 1. The van der Waals surface area contributed by atoms with E-state index in [1.54, 1.807) is 24.3 Å². The minimum absolute atomic E-state index is 0.103. The number of thioether (sulfide) groups is 1. The molecule has 17 heteroatoms. The van der Waals surface area contributed by atoms with Crippen molar-refractivity contribution in [2.24, 2.45) is 5.92 Å². The number of nitrogen functional groups attached to an aromatic ring is 1. The Morgan fingerprint density at radius 2 is 1.58 bits per heavy atom. The number of aliphatic carboxylic acids is 2. The predicted molar refractivity (Wildman–Crippen MR) is 207 cm³/mol. The van der Waals surface area contributed by atoms with Crippen molar-refractivity contribution in [3.8, 4) is 17.3 Å². The number of piperazine rings is 1. The van der Waals surface area contributed by atoms with Crippen LogP contribution in [0.4, 0.5) is 11.5 Å². The number of amides is 2. The number of piperidine rings is 1. The number of hydrogen-bond acceptors (Lipinski definition) is 13. The van der Waals surface area contributed by atoms with Crippen LogP contribution in [0.1, 0.15) is 43.1 Å². The number of nitrogens with one attached hydrogen (secondary N) is 1. The van der Waals surface area contributed by atoms with E-state index in [-0.39, 0.29) is 29.8 Å². The molecule has 2 aliphatic heterocycles. The Labute approximate surface area is 324 Å². The fourth-order valence-electron chi connectivity index (χ4n) is 6.26. The maximum absolute atomic E-state index is 13.0. The van der Waals surface area contributed by atoms with E-state index in [0.717, 1.165) is 63.7 Å². The quantitative estimate of drug-likeness (QED) is 0.0899. The number of likely N-dealkylation sites (tertiary alicyclic amines) is 1. The number of anilines is 2. The lowest BCUT2D eigenvalue weighted by Gasteiger charge is -2.38. The average molecular weight is 774 g/mol. The van der Waals surface area contributed by atoms with Gasteiger partial charge >= 0.3 is 11.9 Å². The molecule has 0 unspecified atom stereocenters. The second-order valence-electron chi connectivity index (χ2n) is 13.1. The molecule has 5 rings (SSSR count). The Balaban J connectivity index is 0.000000757. The molecule has 2 amide bonds. The van der Waals surface area contributed by atoms with E-state index in [1.807, 2.05) is 23.1 Å². The first-order valence-electron chi connectivity index (χ1n) is 17.9. The Bertz CT molecular complexity index is 1840. The lowest BCUT2D eigenvalue weighted by atomic mass is 9.96. The lowest BCUT2D eigenvalue weighted by Crippen LogP contribution is -2.50. The number of aliphatic hydroxyl groups excluding tert-OH is 1. The first-order valence-corrected chi connectivity index (χ1v) is 18.9. The van der Waals surface area contributed by atoms with Gasteiger partial charge in [0.15, 0.2) is 5.16 Å². The molecule has 2 fully saturated rings. The minimum Gasteiger partial charge on any atom is -0.478 e. The maximum atomic E-state index is 13.0. The van der Waals surface area contributed by atoms with Crippen molar-refractivity contribution in [3.05, 3.63) is 71.6 Å². The van der Waals surface area contributed by atoms with Crippen molar-refractivity contribution in [3.63, 3.8) is 0 Å². The normalized spacial score (nSPS) is 15.2. The number of pyridine rings is 1. The van der Waals surface area contributed by atoms with Crippen LogP contribution in [0.3, 0.4) is 0 Å². The van der Waals surface area contributed by atoms with Crippen molar-refractivity contribution in [1.29, 1.82) is 5.26 Å². The molecule has 2 saturated heterocycles. The molecule has 4 heterocycles. The van der Waals surface area contributed by atoms with E-state index in [1.165, 1.54) is 31.5 Å². The second-order valence-corrected chi connectivity index (χ2v) is 14.0. The average Bonchev–Trinajstić information content (AvgIpc) is 3.17. The molecule has 16 nitrogen and oxygen atoms in total. The van der Waals surface area contributed by atoms with E-state index in [9.17, 15) is 24.4 Å². The Morgan fingerprint density at radius 1 is 0.927 bits per heavy atom. The molecule has 0 saturated carbocycles. The number of rotatable bonds is 14. The zero-order valence-electron chi connectivity index (χ0n) is 30.8.